The highest BCUT2D eigenvalue weighted by molar-refractivity contribution is 7.92. The van der Waals surface area contributed by atoms with Crippen LogP contribution in [0, 0.1) is 13.8 Å². The van der Waals surface area contributed by atoms with Crippen LogP contribution in [0.3, 0.4) is 0 Å². The zero-order valence-corrected chi connectivity index (χ0v) is 10.5. The number of hydrogen-bond acceptors (Lipinski definition) is 4. The molecule has 17 heavy (non-hydrogen) atoms. The molecule has 0 unspecified atom stereocenters. The first-order valence-corrected chi connectivity index (χ1v) is 6.41. The summed E-state index contributed by atoms with van der Waals surface area (Å²) in [5.41, 5.74) is 0.778. The van der Waals surface area contributed by atoms with Gasteiger partial charge >= 0.3 is 0 Å². The van der Waals surface area contributed by atoms with E-state index in [2.05, 4.69) is 19.9 Å². The van der Waals surface area contributed by atoms with E-state index in [9.17, 15) is 8.42 Å². The van der Waals surface area contributed by atoms with Gasteiger partial charge in [0.1, 0.15) is 5.82 Å². The van der Waals surface area contributed by atoms with Crippen molar-refractivity contribution >= 4 is 15.8 Å². The fraction of sp³-hybridized carbons (Fsp3) is 0.333. The van der Waals surface area contributed by atoms with E-state index in [0.717, 1.165) is 5.69 Å². The first-order valence-electron chi connectivity index (χ1n) is 4.93. The minimum Gasteiger partial charge on any atom is -0.337 e. The van der Waals surface area contributed by atoms with Gasteiger partial charge in [0.15, 0.2) is 10.8 Å². The Kier molecular flexibility index (Phi) is 2.66. The molecule has 2 aromatic rings. The lowest BCUT2D eigenvalue weighted by atomic mass is 10.5. The molecule has 0 radical (unpaired) electrons. The number of sulfonamides is 1. The van der Waals surface area contributed by atoms with Crippen molar-refractivity contribution in [3.05, 3.63) is 23.8 Å². The number of imidazole rings is 1. The molecule has 2 aromatic heterocycles. The molecule has 0 fully saturated rings. The SMILES string of the molecule is Cc1cc(NS(=O)(=O)c2cn(C)c(C)n2)n[nH]1. The summed E-state index contributed by atoms with van der Waals surface area (Å²) in [5, 5.41) is 6.45. The summed E-state index contributed by atoms with van der Waals surface area (Å²) in [7, 11) is -1.93. The molecule has 0 spiro atoms. The molecule has 7 nitrogen and oxygen atoms in total. The Morgan fingerprint density at radius 1 is 1.41 bits per heavy atom. The van der Waals surface area contributed by atoms with Crippen molar-refractivity contribution in [2.75, 3.05) is 4.72 Å². The molecule has 0 saturated heterocycles. The van der Waals surface area contributed by atoms with E-state index < -0.39 is 10.0 Å². The lowest BCUT2D eigenvalue weighted by molar-refractivity contribution is 0.597. The third-order valence-corrected chi connectivity index (χ3v) is 3.53. The van der Waals surface area contributed by atoms with Gasteiger partial charge in [-0.05, 0) is 13.8 Å². The number of rotatable bonds is 3. The van der Waals surface area contributed by atoms with Gasteiger partial charge in [-0.15, -0.1) is 0 Å². The highest BCUT2D eigenvalue weighted by Crippen LogP contribution is 2.13. The Morgan fingerprint density at radius 3 is 2.59 bits per heavy atom. The Hall–Kier alpha value is -1.83. The van der Waals surface area contributed by atoms with Gasteiger partial charge in [0.05, 0.1) is 0 Å². The van der Waals surface area contributed by atoms with Crippen molar-refractivity contribution in [2.24, 2.45) is 7.05 Å². The van der Waals surface area contributed by atoms with E-state index >= 15 is 0 Å². The fourth-order valence-corrected chi connectivity index (χ4v) is 2.35. The first kappa shape index (κ1) is 11.6. The molecule has 2 N–H and O–H groups in total. The summed E-state index contributed by atoms with van der Waals surface area (Å²) >= 11 is 0. The number of nitrogens with zero attached hydrogens (tertiary/aromatic N) is 3. The van der Waals surface area contributed by atoms with Crippen LogP contribution in [0.1, 0.15) is 11.5 Å². The van der Waals surface area contributed by atoms with Crippen molar-refractivity contribution in [2.45, 2.75) is 18.9 Å². The van der Waals surface area contributed by atoms with Crippen LogP contribution in [0.5, 0.6) is 0 Å². The van der Waals surface area contributed by atoms with Gasteiger partial charge < -0.3 is 4.57 Å². The maximum absolute atomic E-state index is 11.9. The van der Waals surface area contributed by atoms with Crippen LogP contribution in [0.25, 0.3) is 0 Å². The van der Waals surface area contributed by atoms with E-state index in [1.807, 2.05) is 0 Å². The number of H-pyrrole nitrogens is 1. The Bertz CT molecular complexity index is 621. The molecule has 0 aromatic carbocycles. The normalized spacial score (nSPS) is 11.7. The average molecular weight is 255 g/mol. The summed E-state index contributed by atoms with van der Waals surface area (Å²) < 4.78 is 27.9. The first-order chi connectivity index (χ1) is 7.88. The molecule has 0 aliphatic carbocycles. The second-order valence-electron chi connectivity index (χ2n) is 3.78. The smallest absolute Gasteiger partial charge is 0.282 e. The third kappa shape index (κ3) is 2.31. The second-order valence-corrected chi connectivity index (χ2v) is 5.41. The lowest BCUT2D eigenvalue weighted by Crippen LogP contribution is -2.13. The van der Waals surface area contributed by atoms with Gasteiger partial charge in [-0.3, -0.25) is 9.82 Å². The van der Waals surface area contributed by atoms with Crippen molar-refractivity contribution < 1.29 is 8.42 Å². The van der Waals surface area contributed by atoms with Crippen molar-refractivity contribution in [3.63, 3.8) is 0 Å². The number of aromatic amines is 1. The lowest BCUT2D eigenvalue weighted by Gasteiger charge is -2.00. The number of nitrogens with one attached hydrogen (secondary N) is 2. The molecular formula is C9H13N5O2S. The molecule has 2 heterocycles. The second kappa shape index (κ2) is 3.88. The standard InChI is InChI=1S/C9H13N5O2S/c1-6-4-8(12-11-6)13-17(15,16)9-5-14(3)7(2)10-9/h4-5H,1-3H3,(H2,11,12,13). The van der Waals surface area contributed by atoms with Gasteiger partial charge in [-0.1, -0.05) is 0 Å². The molecule has 0 bridgehead atoms. The van der Waals surface area contributed by atoms with Gasteiger partial charge in [0.25, 0.3) is 10.0 Å². The molecule has 2 rings (SSSR count). The minimum atomic E-state index is -3.67. The number of aryl methyl sites for hydroxylation is 3. The Balaban J connectivity index is 2.31. The molecule has 0 aliphatic heterocycles. The van der Waals surface area contributed by atoms with E-state index in [1.54, 1.807) is 31.5 Å². The molecule has 92 valence electrons. The highest BCUT2D eigenvalue weighted by Gasteiger charge is 2.19. The summed E-state index contributed by atoms with van der Waals surface area (Å²) in [6, 6.07) is 1.60. The van der Waals surface area contributed by atoms with Gasteiger partial charge in [-0.25, -0.2) is 4.98 Å². The van der Waals surface area contributed by atoms with Crippen LogP contribution >= 0.6 is 0 Å². The minimum absolute atomic E-state index is 0.0156. The van der Waals surface area contributed by atoms with Gasteiger partial charge in [-0.2, -0.15) is 13.5 Å². The van der Waals surface area contributed by atoms with Gasteiger partial charge in [0.2, 0.25) is 0 Å². The topological polar surface area (TPSA) is 92.7 Å². The predicted molar refractivity (Wildman–Crippen MR) is 62.1 cm³/mol. The van der Waals surface area contributed by atoms with Gasteiger partial charge in [0, 0.05) is 25.0 Å². The summed E-state index contributed by atoms with van der Waals surface area (Å²) in [4.78, 5) is 3.96. The third-order valence-electron chi connectivity index (χ3n) is 2.31. The monoisotopic (exact) mass is 255 g/mol. The van der Waals surface area contributed by atoms with Crippen LogP contribution in [0.2, 0.25) is 0 Å². The van der Waals surface area contributed by atoms with E-state index in [4.69, 9.17) is 0 Å². The molecule has 0 aliphatic rings. The summed E-state index contributed by atoms with van der Waals surface area (Å²) in [6.07, 6.45) is 1.46. The fourth-order valence-electron chi connectivity index (χ4n) is 1.32. The van der Waals surface area contributed by atoms with Crippen molar-refractivity contribution in [3.8, 4) is 0 Å². The van der Waals surface area contributed by atoms with E-state index in [0.29, 0.717) is 5.82 Å². The van der Waals surface area contributed by atoms with Crippen LogP contribution in [-0.2, 0) is 17.1 Å². The molecule has 0 amide bonds. The maximum atomic E-state index is 11.9. The number of anilines is 1. The van der Waals surface area contributed by atoms with Crippen molar-refractivity contribution in [1.82, 2.24) is 19.7 Å². The van der Waals surface area contributed by atoms with Crippen LogP contribution in [-0.4, -0.2) is 28.2 Å². The maximum Gasteiger partial charge on any atom is 0.282 e. The van der Waals surface area contributed by atoms with Crippen LogP contribution in [0.15, 0.2) is 17.3 Å². The molecule has 8 heteroatoms. The van der Waals surface area contributed by atoms with E-state index in [1.165, 1.54) is 6.20 Å². The average Bonchev–Trinajstić information content (AvgIpc) is 2.75. The molecular weight excluding hydrogens is 242 g/mol. The van der Waals surface area contributed by atoms with Crippen LogP contribution < -0.4 is 4.72 Å². The Morgan fingerprint density at radius 2 is 2.12 bits per heavy atom. The Labute approximate surface area is 98.9 Å². The molecule has 0 atom stereocenters. The largest absolute Gasteiger partial charge is 0.337 e. The number of hydrogen-bond donors (Lipinski definition) is 2. The van der Waals surface area contributed by atoms with E-state index in [-0.39, 0.29) is 10.8 Å². The molecule has 0 saturated carbocycles. The predicted octanol–water partition coefficient (Wildman–Crippen LogP) is 0.561. The highest BCUT2D eigenvalue weighted by atomic mass is 32.2. The zero-order valence-electron chi connectivity index (χ0n) is 9.72. The number of aromatic nitrogens is 4. The zero-order chi connectivity index (χ0) is 12.6. The summed E-state index contributed by atoms with van der Waals surface area (Å²) in [6.45, 7) is 3.52. The summed E-state index contributed by atoms with van der Waals surface area (Å²) in [5.74, 6) is 0.884. The van der Waals surface area contributed by atoms with Crippen LogP contribution in [0.4, 0.5) is 5.82 Å². The van der Waals surface area contributed by atoms with Crippen molar-refractivity contribution in [1.29, 1.82) is 0 Å². The quantitative estimate of drug-likeness (QED) is 0.838.